The van der Waals surface area contributed by atoms with Crippen LogP contribution in [0.3, 0.4) is 0 Å². The minimum absolute atomic E-state index is 0.281. The minimum atomic E-state index is -0.281. The first-order valence-electron chi connectivity index (χ1n) is 6.78. The number of rotatable bonds is 5. The molecule has 2 rings (SSSR count). The Bertz CT molecular complexity index is 344. The predicted octanol–water partition coefficient (Wildman–Crippen LogP) is 3.59. The van der Waals surface area contributed by atoms with E-state index in [1.165, 1.54) is 12.8 Å². The zero-order valence-electron chi connectivity index (χ0n) is 10.6. The van der Waals surface area contributed by atoms with E-state index in [4.69, 9.17) is 16.3 Å². The van der Waals surface area contributed by atoms with Crippen LogP contribution in [0.1, 0.15) is 37.7 Å². The summed E-state index contributed by atoms with van der Waals surface area (Å²) < 4.78 is 5.67. The first-order valence-corrected chi connectivity index (χ1v) is 7.16. The molecule has 0 bridgehead atoms. The van der Waals surface area contributed by atoms with Gasteiger partial charge in [0.15, 0.2) is 0 Å². The maximum Gasteiger partial charge on any atom is 0.0581 e. The van der Waals surface area contributed by atoms with Gasteiger partial charge in [-0.3, -0.25) is 0 Å². The first kappa shape index (κ1) is 13.9. The molecule has 0 radical (unpaired) electrons. The molecule has 0 amide bonds. The molecule has 1 N–H and O–H groups in total. The molecular formula is C15H21ClO2. The van der Waals surface area contributed by atoms with Crippen LogP contribution in [-0.2, 0) is 11.2 Å². The summed E-state index contributed by atoms with van der Waals surface area (Å²) in [5, 5.41) is 10.8. The number of hydrogen-bond acceptors (Lipinski definition) is 2. The van der Waals surface area contributed by atoms with Gasteiger partial charge in [0.2, 0.25) is 0 Å². The molecule has 2 atom stereocenters. The summed E-state index contributed by atoms with van der Waals surface area (Å²) in [6, 6.07) is 7.69. The Morgan fingerprint density at radius 1 is 1.28 bits per heavy atom. The molecule has 3 heteroatoms. The third-order valence-corrected chi connectivity index (χ3v) is 3.73. The average molecular weight is 269 g/mol. The van der Waals surface area contributed by atoms with Crippen LogP contribution < -0.4 is 0 Å². The molecular weight excluding hydrogens is 248 g/mol. The summed E-state index contributed by atoms with van der Waals surface area (Å²) in [5.41, 5.74) is 1.14. The molecule has 1 aromatic rings. The second-order valence-corrected chi connectivity index (χ2v) is 5.49. The van der Waals surface area contributed by atoms with Crippen molar-refractivity contribution in [1.29, 1.82) is 0 Å². The Morgan fingerprint density at radius 3 is 2.72 bits per heavy atom. The maximum atomic E-state index is 10.0. The highest BCUT2D eigenvalue weighted by Crippen LogP contribution is 2.19. The van der Waals surface area contributed by atoms with Gasteiger partial charge in [0, 0.05) is 11.6 Å². The Kier molecular flexibility index (Phi) is 5.48. The van der Waals surface area contributed by atoms with E-state index < -0.39 is 0 Å². The minimum Gasteiger partial charge on any atom is -0.393 e. The van der Waals surface area contributed by atoms with Crippen molar-refractivity contribution < 1.29 is 9.84 Å². The van der Waals surface area contributed by atoms with Crippen molar-refractivity contribution in [3.63, 3.8) is 0 Å². The predicted molar refractivity (Wildman–Crippen MR) is 74.0 cm³/mol. The molecule has 1 heterocycles. The van der Waals surface area contributed by atoms with Gasteiger partial charge in [-0.25, -0.2) is 0 Å². The second kappa shape index (κ2) is 7.13. The molecule has 0 aliphatic carbocycles. The van der Waals surface area contributed by atoms with Crippen LogP contribution in [0.15, 0.2) is 24.3 Å². The van der Waals surface area contributed by atoms with E-state index in [0.29, 0.717) is 12.5 Å². The number of ether oxygens (including phenoxy) is 1. The lowest BCUT2D eigenvalue weighted by molar-refractivity contribution is 0.00234. The summed E-state index contributed by atoms with van der Waals surface area (Å²) in [4.78, 5) is 0. The van der Waals surface area contributed by atoms with E-state index in [2.05, 4.69) is 0 Å². The van der Waals surface area contributed by atoms with Crippen LogP contribution in [0.25, 0.3) is 0 Å². The third-order valence-electron chi connectivity index (χ3n) is 3.48. The molecule has 1 saturated heterocycles. The van der Waals surface area contributed by atoms with Gasteiger partial charge in [-0.2, -0.15) is 0 Å². The maximum absolute atomic E-state index is 10.0. The number of hydrogen-bond donors (Lipinski definition) is 1. The van der Waals surface area contributed by atoms with Crippen molar-refractivity contribution in [3.05, 3.63) is 34.9 Å². The molecule has 0 saturated carbocycles. The highest BCUT2D eigenvalue weighted by atomic mass is 35.5. The van der Waals surface area contributed by atoms with Gasteiger partial charge < -0.3 is 9.84 Å². The SMILES string of the molecule is OC(CCC1CCCCO1)Cc1ccc(Cl)cc1. The molecule has 1 aliphatic heterocycles. The molecule has 18 heavy (non-hydrogen) atoms. The molecule has 100 valence electrons. The Balaban J connectivity index is 1.71. The Morgan fingerprint density at radius 2 is 2.06 bits per heavy atom. The number of halogens is 1. The second-order valence-electron chi connectivity index (χ2n) is 5.05. The van der Waals surface area contributed by atoms with Gasteiger partial charge in [0.25, 0.3) is 0 Å². The van der Waals surface area contributed by atoms with Crippen LogP contribution >= 0.6 is 11.6 Å². The fraction of sp³-hybridized carbons (Fsp3) is 0.600. The zero-order valence-corrected chi connectivity index (χ0v) is 11.4. The topological polar surface area (TPSA) is 29.5 Å². The van der Waals surface area contributed by atoms with Gasteiger partial charge in [-0.05, 0) is 56.2 Å². The van der Waals surface area contributed by atoms with Gasteiger partial charge in [0.1, 0.15) is 0 Å². The van der Waals surface area contributed by atoms with Crippen molar-refractivity contribution in [2.75, 3.05) is 6.61 Å². The molecule has 2 unspecified atom stereocenters. The molecule has 0 aromatic heterocycles. The van der Waals surface area contributed by atoms with E-state index in [9.17, 15) is 5.11 Å². The lowest BCUT2D eigenvalue weighted by Gasteiger charge is -2.23. The summed E-state index contributed by atoms with van der Waals surface area (Å²) in [6.07, 6.45) is 6.15. The van der Waals surface area contributed by atoms with Crippen molar-refractivity contribution in [1.82, 2.24) is 0 Å². The summed E-state index contributed by atoms with van der Waals surface area (Å²) in [6.45, 7) is 0.887. The number of aliphatic hydroxyl groups is 1. The summed E-state index contributed by atoms with van der Waals surface area (Å²) >= 11 is 5.83. The molecule has 1 fully saturated rings. The quantitative estimate of drug-likeness (QED) is 0.884. The Hall–Kier alpha value is -0.570. The third kappa shape index (κ3) is 4.60. The summed E-state index contributed by atoms with van der Waals surface area (Å²) in [7, 11) is 0. The largest absolute Gasteiger partial charge is 0.393 e. The fourth-order valence-electron chi connectivity index (χ4n) is 2.41. The van der Waals surface area contributed by atoms with E-state index in [1.807, 2.05) is 24.3 Å². The van der Waals surface area contributed by atoms with Crippen LogP contribution in [0.5, 0.6) is 0 Å². The number of aliphatic hydroxyl groups excluding tert-OH is 1. The molecule has 0 spiro atoms. The van der Waals surface area contributed by atoms with Crippen LogP contribution in [0, 0.1) is 0 Å². The molecule has 1 aromatic carbocycles. The highest BCUT2D eigenvalue weighted by molar-refractivity contribution is 6.30. The fourth-order valence-corrected chi connectivity index (χ4v) is 2.53. The highest BCUT2D eigenvalue weighted by Gasteiger charge is 2.15. The van der Waals surface area contributed by atoms with Gasteiger partial charge in [0.05, 0.1) is 12.2 Å². The van der Waals surface area contributed by atoms with E-state index in [-0.39, 0.29) is 6.10 Å². The average Bonchev–Trinajstić information content (AvgIpc) is 2.40. The monoisotopic (exact) mass is 268 g/mol. The Labute approximate surface area is 114 Å². The molecule has 1 aliphatic rings. The van der Waals surface area contributed by atoms with Crippen molar-refractivity contribution >= 4 is 11.6 Å². The lowest BCUT2D eigenvalue weighted by Crippen LogP contribution is -2.21. The molecule has 2 nitrogen and oxygen atoms in total. The van der Waals surface area contributed by atoms with Crippen LogP contribution in [0.2, 0.25) is 5.02 Å². The van der Waals surface area contributed by atoms with Gasteiger partial charge >= 0.3 is 0 Å². The smallest absolute Gasteiger partial charge is 0.0581 e. The van der Waals surface area contributed by atoms with E-state index in [1.54, 1.807) is 0 Å². The van der Waals surface area contributed by atoms with Crippen molar-refractivity contribution in [2.24, 2.45) is 0 Å². The van der Waals surface area contributed by atoms with Crippen molar-refractivity contribution in [3.8, 4) is 0 Å². The van der Waals surface area contributed by atoms with Gasteiger partial charge in [-0.1, -0.05) is 23.7 Å². The van der Waals surface area contributed by atoms with E-state index >= 15 is 0 Å². The zero-order chi connectivity index (χ0) is 12.8. The number of benzene rings is 1. The standard InChI is InChI=1S/C15H21ClO2/c16-13-6-4-12(5-7-13)11-14(17)8-9-15-3-1-2-10-18-15/h4-7,14-15,17H,1-3,8-11H2. The van der Waals surface area contributed by atoms with Crippen LogP contribution in [0.4, 0.5) is 0 Å². The van der Waals surface area contributed by atoms with Gasteiger partial charge in [-0.15, -0.1) is 0 Å². The first-order chi connectivity index (χ1) is 8.74. The lowest BCUT2D eigenvalue weighted by atomic mass is 9.99. The summed E-state index contributed by atoms with van der Waals surface area (Å²) in [5.74, 6) is 0. The van der Waals surface area contributed by atoms with Crippen LogP contribution in [-0.4, -0.2) is 23.9 Å². The van der Waals surface area contributed by atoms with Crippen molar-refractivity contribution in [2.45, 2.75) is 50.7 Å². The normalized spacial score (nSPS) is 21.8. The van der Waals surface area contributed by atoms with E-state index in [0.717, 1.165) is 36.5 Å².